The summed E-state index contributed by atoms with van der Waals surface area (Å²) in [5.41, 5.74) is 3.88. The van der Waals surface area contributed by atoms with Crippen LogP contribution in [0.15, 0.2) is 90.0 Å². The summed E-state index contributed by atoms with van der Waals surface area (Å²) in [7, 11) is 0. The van der Waals surface area contributed by atoms with E-state index in [0.717, 1.165) is 15.6 Å². The molecule has 43 heavy (non-hydrogen) atoms. The van der Waals surface area contributed by atoms with E-state index in [1.54, 1.807) is 24.3 Å². The standard InChI is InChI=1S/C31H25N6O5S/c32-18-23(31-34-25-11-3-4-13-27(25)43-31)24(12-6-14-28(39)33-20-8-5-9-21(17-20)37(41)42)35-36-30(40)29-22-10-2-1-7-19(22)15-16-26(29)38/h1-5,7-11,13,15-17,23,38,41H,6,12,14H2,(H,33,39)(H,36,40)/q-1/b35-24+. The molecule has 0 saturated heterocycles. The van der Waals surface area contributed by atoms with Crippen LogP contribution in [0.3, 0.4) is 0 Å². The fourth-order valence-corrected chi connectivity index (χ4v) is 5.62. The number of phenolic OH excluding ortho intramolecular Hbond substituents is 1. The van der Waals surface area contributed by atoms with Gasteiger partial charge in [0, 0.05) is 12.1 Å². The van der Waals surface area contributed by atoms with Crippen molar-refractivity contribution in [3.8, 4) is 11.8 Å². The van der Waals surface area contributed by atoms with Gasteiger partial charge < -0.3 is 20.9 Å². The molecule has 5 rings (SSSR count). The normalized spacial score (nSPS) is 12.1. The molecule has 11 nitrogen and oxygen atoms in total. The first-order chi connectivity index (χ1) is 20.8. The zero-order valence-electron chi connectivity index (χ0n) is 22.6. The van der Waals surface area contributed by atoms with Gasteiger partial charge in [-0.05, 0) is 60.0 Å². The summed E-state index contributed by atoms with van der Waals surface area (Å²) >= 11 is 1.34. The molecule has 0 aliphatic rings. The Morgan fingerprint density at radius 1 is 1.05 bits per heavy atom. The molecule has 2 amide bonds. The summed E-state index contributed by atoms with van der Waals surface area (Å²) in [6.07, 6.45) is 0.490. The molecule has 0 fully saturated rings. The van der Waals surface area contributed by atoms with Gasteiger partial charge in [0.25, 0.3) is 5.91 Å². The van der Waals surface area contributed by atoms with Gasteiger partial charge in [0.2, 0.25) is 5.91 Å². The van der Waals surface area contributed by atoms with Gasteiger partial charge >= 0.3 is 0 Å². The molecule has 4 aromatic carbocycles. The zero-order chi connectivity index (χ0) is 30.3. The van der Waals surface area contributed by atoms with E-state index in [-0.39, 0.29) is 47.4 Å². The van der Waals surface area contributed by atoms with Crippen LogP contribution in [0.2, 0.25) is 0 Å². The number of hydrogen-bond acceptors (Lipinski definition) is 10. The van der Waals surface area contributed by atoms with E-state index in [2.05, 4.69) is 26.9 Å². The number of hydrazone groups is 1. The average Bonchev–Trinajstić information content (AvgIpc) is 3.43. The van der Waals surface area contributed by atoms with Gasteiger partial charge in [0.1, 0.15) is 16.7 Å². The van der Waals surface area contributed by atoms with Crippen LogP contribution in [0.5, 0.6) is 5.75 Å². The molecule has 0 bridgehead atoms. The van der Waals surface area contributed by atoms with Gasteiger partial charge in [-0.2, -0.15) is 10.4 Å². The van der Waals surface area contributed by atoms with Crippen molar-refractivity contribution in [2.24, 2.45) is 5.10 Å². The molecule has 1 aromatic heterocycles. The van der Waals surface area contributed by atoms with Crippen LogP contribution in [0, 0.1) is 16.5 Å². The smallest absolute Gasteiger partial charge is 0.275 e. The van der Waals surface area contributed by atoms with Crippen molar-refractivity contribution in [2.75, 3.05) is 10.5 Å². The minimum absolute atomic E-state index is 0.0344. The zero-order valence-corrected chi connectivity index (χ0v) is 23.4. The highest BCUT2D eigenvalue weighted by atomic mass is 32.1. The Morgan fingerprint density at radius 2 is 1.84 bits per heavy atom. The highest BCUT2D eigenvalue weighted by molar-refractivity contribution is 7.18. The fraction of sp³-hybridized carbons (Fsp3) is 0.129. The fourth-order valence-electron chi connectivity index (χ4n) is 4.58. The first kappa shape index (κ1) is 29.2. The Balaban J connectivity index is 1.37. The number of nitriles is 1. The molecule has 5 aromatic rings. The maximum Gasteiger partial charge on any atom is 0.275 e. The van der Waals surface area contributed by atoms with Crippen LogP contribution < -0.4 is 16.0 Å². The number of fused-ring (bicyclic) bond motifs is 2. The molecule has 12 heteroatoms. The maximum absolute atomic E-state index is 13.3. The van der Waals surface area contributed by atoms with Crippen LogP contribution in [-0.4, -0.2) is 32.8 Å². The summed E-state index contributed by atoms with van der Waals surface area (Å²) in [6.45, 7) is 0. The highest BCUT2D eigenvalue weighted by Crippen LogP contribution is 2.30. The lowest BCUT2D eigenvalue weighted by Crippen LogP contribution is -2.23. The van der Waals surface area contributed by atoms with E-state index in [0.29, 0.717) is 21.8 Å². The molecule has 0 spiro atoms. The minimum Gasteiger partial charge on any atom is -0.733 e. The largest absolute Gasteiger partial charge is 0.733 e. The van der Waals surface area contributed by atoms with Crippen LogP contribution in [0.25, 0.3) is 21.0 Å². The number of hydrogen-bond donors (Lipinski definition) is 4. The molecule has 0 radical (unpaired) electrons. The summed E-state index contributed by atoms with van der Waals surface area (Å²) < 4.78 is 0.892. The molecule has 0 aliphatic carbocycles. The molecule has 0 aliphatic heterocycles. The van der Waals surface area contributed by atoms with Gasteiger partial charge in [-0.15, -0.1) is 11.3 Å². The van der Waals surface area contributed by atoms with E-state index >= 15 is 0 Å². The van der Waals surface area contributed by atoms with E-state index in [1.807, 2.05) is 36.4 Å². The van der Waals surface area contributed by atoms with Crippen molar-refractivity contribution in [3.05, 3.63) is 101 Å². The minimum atomic E-state index is -0.897. The number of aromatic hydroxyl groups is 1. The molecular formula is C31H25N6O5S-. The predicted molar refractivity (Wildman–Crippen MR) is 165 cm³/mol. The maximum atomic E-state index is 13.3. The number of aromatic nitrogens is 1. The van der Waals surface area contributed by atoms with Gasteiger partial charge in [-0.3, -0.25) is 14.8 Å². The summed E-state index contributed by atoms with van der Waals surface area (Å²) in [5, 5.41) is 49.4. The molecule has 1 unspecified atom stereocenters. The van der Waals surface area contributed by atoms with Gasteiger partial charge in [0.05, 0.1) is 33.2 Å². The Labute approximate surface area is 249 Å². The third kappa shape index (κ3) is 6.77. The third-order valence-corrected chi connectivity index (χ3v) is 7.74. The third-order valence-electron chi connectivity index (χ3n) is 6.64. The molecule has 1 atom stereocenters. The average molecular weight is 594 g/mol. The van der Waals surface area contributed by atoms with Crippen LogP contribution in [-0.2, 0) is 4.79 Å². The SMILES string of the molecule is N#CC(/C(CCCC(=O)Nc1cccc(N([O-])O)c1)=N/NC(=O)c1c(O)ccc2ccccc12)c1nc2ccccc2s1. The second-order valence-corrected chi connectivity index (χ2v) is 10.6. The molecule has 4 N–H and O–H groups in total. The number of para-hydroxylation sites is 1. The summed E-state index contributed by atoms with van der Waals surface area (Å²) in [5.74, 6) is -2.11. The number of carbonyl (C=O) groups is 2. The summed E-state index contributed by atoms with van der Waals surface area (Å²) in [4.78, 5) is 30.5. The van der Waals surface area contributed by atoms with Crippen LogP contribution in [0.4, 0.5) is 11.4 Å². The number of carbonyl (C=O) groups excluding carboxylic acids is 2. The summed E-state index contributed by atoms with van der Waals surface area (Å²) in [6, 6.07) is 25.8. The monoisotopic (exact) mass is 593 g/mol. The number of phenols is 1. The molecular weight excluding hydrogens is 568 g/mol. The number of thiazole rings is 1. The first-order valence-electron chi connectivity index (χ1n) is 13.2. The number of nitrogens with zero attached hydrogens (tertiary/aromatic N) is 4. The van der Waals surface area contributed by atoms with Crippen molar-refractivity contribution in [1.82, 2.24) is 10.4 Å². The van der Waals surface area contributed by atoms with E-state index in [1.165, 1.54) is 35.6 Å². The number of anilines is 2. The number of rotatable bonds is 10. The quantitative estimate of drug-likeness (QED) is 0.112. The lowest BCUT2D eigenvalue weighted by molar-refractivity contribution is -0.116. The van der Waals surface area contributed by atoms with E-state index in [9.17, 15) is 25.2 Å². The van der Waals surface area contributed by atoms with Gasteiger partial charge in [0.15, 0.2) is 0 Å². The van der Waals surface area contributed by atoms with Crippen molar-refractivity contribution >= 4 is 61.2 Å². The van der Waals surface area contributed by atoms with Crippen molar-refractivity contribution < 1.29 is 19.9 Å². The van der Waals surface area contributed by atoms with Crippen LogP contribution in [0.1, 0.15) is 40.5 Å². The molecule has 216 valence electrons. The Bertz CT molecular complexity index is 1850. The first-order valence-corrected chi connectivity index (χ1v) is 14.0. The van der Waals surface area contributed by atoms with Gasteiger partial charge in [-0.1, -0.05) is 48.5 Å². The highest BCUT2D eigenvalue weighted by Gasteiger charge is 2.24. The Kier molecular flexibility index (Phi) is 8.88. The lowest BCUT2D eigenvalue weighted by atomic mass is 10.00. The second-order valence-electron chi connectivity index (χ2n) is 9.53. The van der Waals surface area contributed by atoms with Crippen molar-refractivity contribution in [3.63, 3.8) is 0 Å². The molecule has 1 heterocycles. The van der Waals surface area contributed by atoms with Crippen LogP contribution >= 0.6 is 11.3 Å². The molecule has 0 saturated carbocycles. The number of nitrogens with one attached hydrogen (secondary N) is 2. The Morgan fingerprint density at radius 3 is 2.63 bits per heavy atom. The topological polar surface area (TPSA) is 174 Å². The Hall–Kier alpha value is -5.35. The predicted octanol–water partition coefficient (Wildman–Crippen LogP) is 6.05. The van der Waals surface area contributed by atoms with Crippen molar-refractivity contribution in [2.45, 2.75) is 25.2 Å². The van der Waals surface area contributed by atoms with Gasteiger partial charge in [-0.25, -0.2) is 10.4 Å². The number of amides is 2. The van der Waals surface area contributed by atoms with Crippen molar-refractivity contribution in [1.29, 1.82) is 5.26 Å². The lowest BCUT2D eigenvalue weighted by Gasteiger charge is -2.22. The van der Waals surface area contributed by atoms with E-state index < -0.39 is 11.8 Å². The van der Waals surface area contributed by atoms with E-state index in [4.69, 9.17) is 5.21 Å². The number of benzene rings is 4. The second kappa shape index (κ2) is 13.1.